The highest BCUT2D eigenvalue weighted by Crippen LogP contribution is 2.39. The number of aromatic nitrogens is 1. The van der Waals surface area contributed by atoms with Crippen LogP contribution in [0.4, 0.5) is 0 Å². The zero-order valence-corrected chi connectivity index (χ0v) is 10.5. The molecule has 1 aromatic heterocycles. The fourth-order valence-electron chi connectivity index (χ4n) is 3.09. The van der Waals surface area contributed by atoms with Gasteiger partial charge >= 0.3 is 0 Å². The highest BCUT2D eigenvalue weighted by Gasteiger charge is 2.23. The fraction of sp³-hybridized carbons (Fsp3) is 0.176. The third-order valence-corrected chi connectivity index (χ3v) is 3.96. The molecule has 1 aromatic rings. The van der Waals surface area contributed by atoms with Crippen LogP contribution in [0.3, 0.4) is 0 Å². The Labute approximate surface area is 111 Å². The lowest BCUT2D eigenvalue weighted by Crippen LogP contribution is -2.06. The third kappa shape index (κ3) is 1.56. The van der Waals surface area contributed by atoms with Gasteiger partial charge in [-0.2, -0.15) is 0 Å². The number of ketones is 1. The van der Waals surface area contributed by atoms with Gasteiger partial charge in [0.15, 0.2) is 5.78 Å². The molecule has 4 rings (SSSR count). The van der Waals surface area contributed by atoms with Crippen molar-refractivity contribution in [2.24, 2.45) is 0 Å². The van der Waals surface area contributed by atoms with Gasteiger partial charge in [0, 0.05) is 23.9 Å². The first kappa shape index (κ1) is 10.7. The maximum Gasteiger partial charge on any atom is 0.160 e. The number of aryl methyl sites for hydroxylation is 1. The van der Waals surface area contributed by atoms with Crippen LogP contribution in [-0.4, -0.2) is 10.8 Å². The van der Waals surface area contributed by atoms with E-state index in [0.717, 1.165) is 18.4 Å². The topological polar surface area (TPSA) is 30.0 Å². The predicted molar refractivity (Wildman–Crippen MR) is 75.4 cm³/mol. The average molecular weight is 247 g/mol. The second kappa shape index (κ2) is 3.89. The molecule has 0 aromatic carbocycles. The molecule has 3 aliphatic carbocycles. The molecular weight excluding hydrogens is 234 g/mol. The van der Waals surface area contributed by atoms with Crippen molar-refractivity contribution in [3.63, 3.8) is 0 Å². The molecule has 0 aliphatic heterocycles. The number of rotatable bonds is 0. The number of nitrogens with zero attached hydrogens (tertiary/aromatic N) is 1. The zero-order valence-electron chi connectivity index (χ0n) is 10.5. The van der Waals surface area contributed by atoms with E-state index in [1.807, 2.05) is 12.3 Å². The first-order chi connectivity index (χ1) is 9.33. The first-order valence-corrected chi connectivity index (χ1v) is 6.64. The highest BCUT2D eigenvalue weighted by atomic mass is 16.1. The first-order valence-electron chi connectivity index (χ1n) is 6.64. The van der Waals surface area contributed by atoms with Gasteiger partial charge in [0.05, 0.1) is 0 Å². The van der Waals surface area contributed by atoms with E-state index in [9.17, 15) is 4.79 Å². The van der Waals surface area contributed by atoms with Crippen LogP contribution >= 0.6 is 0 Å². The van der Waals surface area contributed by atoms with Crippen molar-refractivity contribution in [2.75, 3.05) is 0 Å². The zero-order chi connectivity index (χ0) is 12.8. The number of carbonyl (C=O) groups is 1. The Balaban J connectivity index is 2.03. The summed E-state index contributed by atoms with van der Waals surface area (Å²) in [5, 5.41) is 0. The van der Waals surface area contributed by atoms with Crippen molar-refractivity contribution in [1.29, 1.82) is 0 Å². The van der Waals surface area contributed by atoms with Gasteiger partial charge < -0.3 is 0 Å². The highest BCUT2D eigenvalue weighted by molar-refractivity contribution is 6.03. The van der Waals surface area contributed by atoms with Crippen LogP contribution in [0, 0.1) is 0 Å². The second-order valence-corrected chi connectivity index (χ2v) is 5.13. The maximum atomic E-state index is 11.6. The molecule has 0 unspecified atom stereocenters. The Hall–Kier alpha value is -2.22. The summed E-state index contributed by atoms with van der Waals surface area (Å²) >= 11 is 0. The molecule has 0 fully saturated rings. The minimum atomic E-state index is 0.182. The SMILES string of the molecule is O=C1C=CC2=C(C=CC3=CCCc4nccc2c43)C1. The number of hydrogen-bond donors (Lipinski definition) is 0. The number of hydrogen-bond acceptors (Lipinski definition) is 2. The van der Waals surface area contributed by atoms with Crippen molar-refractivity contribution in [3.8, 4) is 0 Å². The lowest BCUT2D eigenvalue weighted by atomic mass is 9.87. The van der Waals surface area contributed by atoms with E-state index in [-0.39, 0.29) is 5.78 Å². The fourth-order valence-corrected chi connectivity index (χ4v) is 3.09. The minimum absolute atomic E-state index is 0.182. The van der Waals surface area contributed by atoms with Crippen LogP contribution in [0.5, 0.6) is 0 Å². The Morgan fingerprint density at radius 1 is 1.11 bits per heavy atom. The van der Waals surface area contributed by atoms with Crippen LogP contribution in [0.1, 0.15) is 29.7 Å². The molecule has 2 nitrogen and oxygen atoms in total. The molecular formula is C17H13NO. The van der Waals surface area contributed by atoms with Crippen LogP contribution in [0.25, 0.3) is 11.1 Å². The second-order valence-electron chi connectivity index (χ2n) is 5.13. The molecule has 19 heavy (non-hydrogen) atoms. The van der Waals surface area contributed by atoms with Gasteiger partial charge in [-0.05, 0) is 47.3 Å². The quantitative estimate of drug-likeness (QED) is 0.704. The normalized spacial score (nSPS) is 19.8. The molecule has 0 atom stereocenters. The van der Waals surface area contributed by atoms with Gasteiger partial charge in [0.2, 0.25) is 0 Å². The predicted octanol–water partition coefficient (Wildman–Crippen LogP) is 3.26. The Morgan fingerprint density at radius 2 is 2.05 bits per heavy atom. The van der Waals surface area contributed by atoms with Crippen LogP contribution < -0.4 is 0 Å². The van der Waals surface area contributed by atoms with E-state index < -0.39 is 0 Å². The molecule has 0 amide bonds. The summed E-state index contributed by atoms with van der Waals surface area (Å²) < 4.78 is 0. The van der Waals surface area contributed by atoms with E-state index in [1.54, 1.807) is 6.08 Å². The lowest BCUT2D eigenvalue weighted by molar-refractivity contribution is -0.114. The van der Waals surface area contributed by atoms with E-state index >= 15 is 0 Å². The van der Waals surface area contributed by atoms with Gasteiger partial charge in [-0.1, -0.05) is 24.3 Å². The standard InChI is InChI=1S/C17H13NO/c19-13-6-7-14-12(10-13)5-4-11-2-1-3-16-17(11)15(14)8-9-18-16/h2,4-9H,1,3,10H2. The third-order valence-electron chi connectivity index (χ3n) is 3.96. The van der Waals surface area contributed by atoms with Crippen molar-refractivity contribution in [1.82, 2.24) is 4.98 Å². The summed E-state index contributed by atoms with van der Waals surface area (Å²) in [6.07, 6.45) is 14.6. The van der Waals surface area contributed by atoms with Crippen molar-refractivity contribution in [3.05, 3.63) is 65.0 Å². The summed E-state index contributed by atoms with van der Waals surface area (Å²) in [5.74, 6) is 0.182. The number of allylic oxidation sites excluding steroid dienone is 8. The molecule has 0 spiro atoms. The lowest BCUT2D eigenvalue weighted by Gasteiger charge is -2.19. The van der Waals surface area contributed by atoms with Crippen molar-refractivity contribution >= 4 is 16.9 Å². The summed E-state index contributed by atoms with van der Waals surface area (Å²) in [6, 6.07) is 2.07. The number of carbonyl (C=O) groups excluding carboxylic acids is 1. The molecule has 2 heteroatoms. The van der Waals surface area contributed by atoms with E-state index in [0.29, 0.717) is 6.42 Å². The Kier molecular flexibility index (Phi) is 2.18. The van der Waals surface area contributed by atoms with E-state index in [2.05, 4.69) is 29.3 Å². The maximum absolute atomic E-state index is 11.6. The molecule has 0 radical (unpaired) electrons. The molecule has 92 valence electrons. The Morgan fingerprint density at radius 3 is 3.00 bits per heavy atom. The molecule has 0 saturated carbocycles. The summed E-state index contributed by atoms with van der Waals surface area (Å²) in [6.45, 7) is 0. The molecule has 0 N–H and O–H groups in total. The summed E-state index contributed by atoms with van der Waals surface area (Å²) in [7, 11) is 0. The van der Waals surface area contributed by atoms with Crippen molar-refractivity contribution < 1.29 is 4.79 Å². The molecule has 0 saturated heterocycles. The van der Waals surface area contributed by atoms with Gasteiger partial charge in [-0.25, -0.2) is 0 Å². The largest absolute Gasteiger partial charge is 0.294 e. The van der Waals surface area contributed by atoms with Gasteiger partial charge in [-0.3, -0.25) is 9.78 Å². The van der Waals surface area contributed by atoms with Crippen LogP contribution in [-0.2, 0) is 11.2 Å². The van der Waals surface area contributed by atoms with Gasteiger partial charge in [0.25, 0.3) is 0 Å². The Bertz CT molecular complexity index is 717. The molecule has 3 aliphatic rings. The monoisotopic (exact) mass is 247 g/mol. The molecule has 0 bridgehead atoms. The van der Waals surface area contributed by atoms with Gasteiger partial charge in [-0.15, -0.1) is 0 Å². The number of pyridine rings is 1. The van der Waals surface area contributed by atoms with Crippen LogP contribution in [0.15, 0.2) is 48.2 Å². The van der Waals surface area contributed by atoms with Crippen molar-refractivity contribution in [2.45, 2.75) is 19.3 Å². The average Bonchev–Trinajstić information content (AvgIpc) is 2.59. The van der Waals surface area contributed by atoms with Crippen LogP contribution in [0.2, 0.25) is 0 Å². The summed E-state index contributed by atoms with van der Waals surface area (Å²) in [4.78, 5) is 16.1. The van der Waals surface area contributed by atoms with Gasteiger partial charge in [0.1, 0.15) is 0 Å². The number of fused-ring (bicyclic) bond motifs is 1. The summed E-state index contributed by atoms with van der Waals surface area (Å²) in [5.41, 5.74) is 7.21. The smallest absolute Gasteiger partial charge is 0.160 e. The van der Waals surface area contributed by atoms with E-state index in [4.69, 9.17) is 0 Å². The minimum Gasteiger partial charge on any atom is -0.294 e. The molecule has 1 heterocycles. The van der Waals surface area contributed by atoms with E-state index in [1.165, 1.54) is 28.0 Å².